The van der Waals surface area contributed by atoms with Crippen LogP contribution in [-0.4, -0.2) is 35.6 Å². The summed E-state index contributed by atoms with van der Waals surface area (Å²) in [4.78, 5) is 27.7. The zero-order chi connectivity index (χ0) is 19.9. The number of hydrogen-bond donors (Lipinski definition) is 2. The highest BCUT2D eigenvalue weighted by molar-refractivity contribution is 6.31. The maximum atomic E-state index is 12.0. The Balaban J connectivity index is 1.47. The van der Waals surface area contributed by atoms with Crippen LogP contribution in [0.2, 0.25) is 5.02 Å². The molecule has 1 aliphatic rings. The number of esters is 1. The predicted octanol–water partition coefficient (Wildman–Crippen LogP) is 4.07. The summed E-state index contributed by atoms with van der Waals surface area (Å²) in [5.74, 6) is -0.405. The Labute approximate surface area is 170 Å². The molecule has 1 aromatic heterocycles. The topological polar surface area (TPSA) is 80.3 Å². The Morgan fingerprint density at radius 3 is 2.64 bits per heavy atom. The lowest BCUT2D eigenvalue weighted by Gasteiger charge is -2.30. The van der Waals surface area contributed by atoms with E-state index in [1.807, 2.05) is 24.3 Å². The Kier molecular flexibility index (Phi) is 7.09. The van der Waals surface area contributed by atoms with Gasteiger partial charge in [-0.1, -0.05) is 11.6 Å². The van der Waals surface area contributed by atoms with E-state index in [4.69, 9.17) is 16.3 Å². The monoisotopic (exact) mass is 403 g/mol. The molecule has 0 unspecified atom stereocenters. The summed E-state index contributed by atoms with van der Waals surface area (Å²) in [6.07, 6.45) is 5.88. The molecule has 1 heterocycles. The number of pyridine rings is 1. The summed E-state index contributed by atoms with van der Waals surface area (Å²) >= 11 is 6.06. The number of ether oxygens (including phenoxy) is 1. The van der Waals surface area contributed by atoms with Gasteiger partial charge in [0.15, 0.2) is 0 Å². The first-order valence-electron chi connectivity index (χ1n) is 9.81. The highest BCUT2D eigenvalue weighted by Gasteiger charge is 2.23. The van der Waals surface area contributed by atoms with Gasteiger partial charge in [-0.2, -0.15) is 0 Å². The lowest BCUT2D eigenvalue weighted by Crippen LogP contribution is -2.40. The Bertz CT molecular complexity index is 835. The molecule has 0 saturated heterocycles. The maximum absolute atomic E-state index is 12.0. The highest BCUT2D eigenvalue weighted by atomic mass is 35.5. The van der Waals surface area contributed by atoms with Gasteiger partial charge in [0.05, 0.1) is 18.5 Å². The zero-order valence-electron chi connectivity index (χ0n) is 16.0. The molecule has 1 saturated carbocycles. The average Bonchev–Trinajstić information content (AvgIpc) is 2.68. The van der Waals surface area contributed by atoms with Crippen molar-refractivity contribution < 1.29 is 14.3 Å². The number of anilines is 1. The SMILES string of the molecule is CCOC(=O)CCC(=O)NC1CCC(Nc2ccnc3cc(Cl)ccc23)CC1. The minimum atomic E-state index is -0.323. The fourth-order valence-corrected chi connectivity index (χ4v) is 3.76. The van der Waals surface area contributed by atoms with Crippen LogP contribution in [0.5, 0.6) is 0 Å². The number of nitrogens with one attached hydrogen (secondary N) is 2. The lowest BCUT2D eigenvalue weighted by molar-refractivity contribution is -0.144. The van der Waals surface area contributed by atoms with E-state index >= 15 is 0 Å². The van der Waals surface area contributed by atoms with Gasteiger partial charge in [0, 0.05) is 40.8 Å². The Morgan fingerprint density at radius 1 is 1.14 bits per heavy atom. The van der Waals surface area contributed by atoms with E-state index in [1.54, 1.807) is 13.1 Å². The summed E-state index contributed by atoms with van der Waals surface area (Å²) in [6, 6.07) is 8.24. The zero-order valence-corrected chi connectivity index (χ0v) is 16.8. The number of fused-ring (bicyclic) bond motifs is 1. The number of hydrogen-bond acceptors (Lipinski definition) is 5. The average molecular weight is 404 g/mol. The number of nitrogens with zero attached hydrogens (tertiary/aromatic N) is 1. The van der Waals surface area contributed by atoms with Gasteiger partial charge in [-0.05, 0) is 56.9 Å². The molecule has 0 radical (unpaired) electrons. The molecule has 6 nitrogen and oxygen atoms in total. The number of halogens is 1. The largest absolute Gasteiger partial charge is 0.466 e. The molecule has 0 bridgehead atoms. The van der Waals surface area contributed by atoms with Crippen molar-refractivity contribution in [1.29, 1.82) is 0 Å². The van der Waals surface area contributed by atoms with Crippen LogP contribution in [0.15, 0.2) is 30.5 Å². The van der Waals surface area contributed by atoms with Gasteiger partial charge in [-0.3, -0.25) is 14.6 Å². The standard InChI is InChI=1S/C21H26ClN3O3/c1-2-28-21(27)10-9-20(26)25-16-6-4-15(5-7-16)24-18-11-12-23-19-13-14(22)3-8-17(18)19/h3,8,11-13,15-16H,2,4-7,9-10H2,1H3,(H,23,24)(H,25,26). The van der Waals surface area contributed by atoms with E-state index < -0.39 is 0 Å². The lowest BCUT2D eigenvalue weighted by atomic mass is 9.90. The fraction of sp³-hybridized carbons (Fsp3) is 0.476. The third-order valence-corrected chi connectivity index (χ3v) is 5.25. The number of carbonyl (C=O) groups excluding carboxylic acids is 2. The van der Waals surface area contributed by atoms with Crippen LogP contribution in [0.1, 0.15) is 45.4 Å². The fourth-order valence-electron chi connectivity index (χ4n) is 3.60. The molecule has 2 aromatic rings. The van der Waals surface area contributed by atoms with Crippen molar-refractivity contribution in [2.24, 2.45) is 0 Å². The Morgan fingerprint density at radius 2 is 1.89 bits per heavy atom. The first kappa shape index (κ1) is 20.4. The van der Waals surface area contributed by atoms with Crippen LogP contribution in [0, 0.1) is 0 Å². The number of rotatable bonds is 7. The normalized spacial score (nSPS) is 19.2. The van der Waals surface area contributed by atoms with Crippen LogP contribution in [0.4, 0.5) is 5.69 Å². The van der Waals surface area contributed by atoms with E-state index in [0.29, 0.717) is 17.7 Å². The van der Waals surface area contributed by atoms with Gasteiger partial charge in [0.2, 0.25) is 5.91 Å². The van der Waals surface area contributed by atoms with Crippen LogP contribution < -0.4 is 10.6 Å². The molecule has 28 heavy (non-hydrogen) atoms. The summed E-state index contributed by atoms with van der Waals surface area (Å²) in [5, 5.41) is 8.39. The van der Waals surface area contributed by atoms with Gasteiger partial charge in [-0.15, -0.1) is 0 Å². The summed E-state index contributed by atoms with van der Waals surface area (Å²) in [5.41, 5.74) is 1.93. The van der Waals surface area contributed by atoms with E-state index in [0.717, 1.165) is 42.3 Å². The smallest absolute Gasteiger partial charge is 0.306 e. The van der Waals surface area contributed by atoms with Crippen LogP contribution in [-0.2, 0) is 14.3 Å². The molecule has 1 fully saturated rings. The molecule has 150 valence electrons. The number of amides is 1. The van der Waals surface area contributed by atoms with Gasteiger partial charge < -0.3 is 15.4 Å². The molecular formula is C21H26ClN3O3. The van der Waals surface area contributed by atoms with Crippen LogP contribution >= 0.6 is 11.6 Å². The summed E-state index contributed by atoms with van der Waals surface area (Å²) in [6.45, 7) is 2.10. The van der Waals surface area contributed by atoms with Crippen molar-refractivity contribution in [3.8, 4) is 0 Å². The van der Waals surface area contributed by atoms with Crippen LogP contribution in [0.25, 0.3) is 10.9 Å². The Hall–Kier alpha value is -2.34. The van der Waals surface area contributed by atoms with Crippen molar-refractivity contribution in [3.05, 3.63) is 35.5 Å². The second-order valence-electron chi connectivity index (χ2n) is 7.09. The minimum Gasteiger partial charge on any atom is -0.466 e. The number of carbonyl (C=O) groups is 2. The predicted molar refractivity (Wildman–Crippen MR) is 110 cm³/mol. The van der Waals surface area contributed by atoms with Crippen molar-refractivity contribution >= 4 is 40.1 Å². The number of aromatic nitrogens is 1. The van der Waals surface area contributed by atoms with E-state index in [9.17, 15) is 9.59 Å². The maximum Gasteiger partial charge on any atom is 0.306 e. The second-order valence-corrected chi connectivity index (χ2v) is 7.52. The van der Waals surface area contributed by atoms with Gasteiger partial charge in [0.1, 0.15) is 0 Å². The van der Waals surface area contributed by atoms with Crippen molar-refractivity contribution in [1.82, 2.24) is 10.3 Å². The third kappa shape index (κ3) is 5.58. The van der Waals surface area contributed by atoms with Crippen LogP contribution in [0.3, 0.4) is 0 Å². The molecule has 3 rings (SSSR count). The number of benzene rings is 1. The van der Waals surface area contributed by atoms with Crippen molar-refractivity contribution in [3.63, 3.8) is 0 Å². The van der Waals surface area contributed by atoms with Gasteiger partial charge in [0.25, 0.3) is 0 Å². The third-order valence-electron chi connectivity index (χ3n) is 5.02. The van der Waals surface area contributed by atoms with E-state index in [2.05, 4.69) is 15.6 Å². The quantitative estimate of drug-likeness (QED) is 0.681. The molecule has 0 atom stereocenters. The van der Waals surface area contributed by atoms with Gasteiger partial charge in [-0.25, -0.2) is 0 Å². The minimum absolute atomic E-state index is 0.0820. The van der Waals surface area contributed by atoms with Crippen molar-refractivity contribution in [2.45, 2.75) is 57.5 Å². The first-order valence-corrected chi connectivity index (χ1v) is 10.2. The van der Waals surface area contributed by atoms with Crippen molar-refractivity contribution in [2.75, 3.05) is 11.9 Å². The molecule has 1 aliphatic carbocycles. The van der Waals surface area contributed by atoms with E-state index in [-0.39, 0.29) is 30.8 Å². The van der Waals surface area contributed by atoms with Gasteiger partial charge >= 0.3 is 5.97 Å². The summed E-state index contributed by atoms with van der Waals surface area (Å²) < 4.78 is 4.85. The molecule has 0 spiro atoms. The van der Waals surface area contributed by atoms with E-state index in [1.165, 1.54) is 0 Å². The second kappa shape index (κ2) is 9.73. The molecule has 2 N–H and O–H groups in total. The molecule has 7 heteroatoms. The molecule has 0 aliphatic heterocycles. The molecular weight excluding hydrogens is 378 g/mol. The summed E-state index contributed by atoms with van der Waals surface area (Å²) in [7, 11) is 0. The first-order chi connectivity index (χ1) is 13.5. The highest BCUT2D eigenvalue weighted by Crippen LogP contribution is 2.28. The molecule has 1 aromatic carbocycles. The molecule has 1 amide bonds.